The van der Waals surface area contributed by atoms with Crippen LogP contribution in [0.2, 0.25) is 5.02 Å². The van der Waals surface area contributed by atoms with Crippen molar-refractivity contribution in [3.63, 3.8) is 0 Å². The molecule has 5 nitrogen and oxygen atoms in total. The third kappa shape index (κ3) is 5.81. The number of hydrogen-bond acceptors (Lipinski definition) is 4. The van der Waals surface area contributed by atoms with E-state index in [1.807, 2.05) is 0 Å². The maximum absolute atomic E-state index is 13.2. The second kappa shape index (κ2) is 9.79. The number of halogens is 5. The number of benzene rings is 3. The highest BCUT2D eigenvalue weighted by molar-refractivity contribution is 6.31. The Labute approximate surface area is 202 Å². The number of aromatic nitrogens is 2. The van der Waals surface area contributed by atoms with Gasteiger partial charge in [0.1, 0.15) is 23.9 Å². The van der Waals surface area contributed by atoms with E-state index in [0.29, 0.717) is 22.6 Å². The number of alkyl halides is 3. The first-order valence-electron chi connectivity index (χ1n) is 10.2. The predicted molar refractivity (Wildman–Crippen MR) is 122 cm³/mol. The molecule has 4 aromatic rings. The molecule has 180 valence electrons. The van der Waals surface area contributed by atoms with E-state index in [1.165, 1.54) is 22.8 Å². The predicted octanol–water partition coefficient (Wildman–Crippen LogP) is 6.63. The van der Waals surface area contributed by atoms with E-state index in [0.717, 1.165) is 12.1 Å². The van der Waals surface area contributed by atoms with Gasteiger partial charge in [0.2, 0.25) is 5.88 Å². The summed E-state index contributed by atoms with van der Waals surface area (Å²) < 4.78 is 64.8. The molecule has 0 aliphatic carbocycles. The van der Waals surface area contributed by atoms with E-state index in [2.05, 4.69) is 4.98 Å². The Morgan fingerprint density at radius 2 is 1.60 bits per heavy atom. The molecule has 10 heteroatoms. The Balaban J connectivity index is 1.46. The van der Waals surface area contributed by atoms with Gasteiger partial charge in [-0.15, -0.1) is 0 Å². The lowest BCUT2D eigenvalue weighted by Crippen LogP contribution is -2.22. The van der Waals surface area contributed by atoms with Crippen molar-refractivity contribution in [2.75, 3.05) is 0 Å². The molecule has 0 saturated heterocycles. The highest BCUT2D eigenvalue weighted by Gasteiger charge is 2.33. The molecule has 4 rings (SSSR count). The number of ether oxygens (including phenoxy) is 2. The first-order valence-corrected chi connectivity index (χ1v) is 10.6. The van der Waals surface area contributed by atoms with Gasteiger partial charge < -0.3 is 9.47 Å². The fraction of sp³-hybridized carbons (Fsp3) is 0.120. The van der Waals surface area contributed by atoms with Crippen LogP contribution in [0.5, 0.6) is 17.4 Å². The molecule has 0 aliphatic heterocycles. The monoisotopic (exact) mass is 504 g/mol. The van der Waals surface area contributed by atoms with Crippen LogP contribution < -0.4 is 15.2 Å². The van der Waals surface area contributed by atoms with Crippen molar-refractivity contribution in [1.82, 2.24) is 9.55 Å². The van der Waals surface area contributed by atoms with Crippen LogP contribution in [0.1, 0.15) is 11.1 Å². The first kappa shape index (κ1) is 24.3. The topological polar surface area (TPSA) is 53.4 Å². The van der Waals surface area contributed by atoms with Gasteiger partial charge in [-0.2, -0.15) is 18.2 Å². The average Bonchev–Trinajstić information content (AvgIpc) is 2.82. The quantitative estimate of drug-likeness (QED) is 0.277. The zero-order chi connectivity index (χ0) is 25.2. The van der Waals surface area contributed by atoms with Crippen LogP contribution in [0.25, 0.3) is 11.3 Å². The lowest BCUT2D eigenvalue weighted by molar-refractivity contribution is -0.137. The second-order valence-electron chi connectivity index (χ2n) is 7.50. The van der Waals surface area contributed by atoms with Crippen molar-refractivity contribution in [3.05, 3.63) is 105 Å². The molecule has 0 fully saturated rings. The van der Waals surface area contributed by atoms with Gasteiger partial charge in [-0.3, -0.25) is 4.57 Å². The van der Waals surface area contributed by atoms with Gasteiger partial charge in [0.15, 0.2) is 0 Å². The zero-order valence-electron chi connectivity index (χ0n) is 18.1. The van der Waals surface area contributed by atoms with Crippen LogP contribution in [0.15, 0.2) is 77.6 Å². The number of hydrogen-bond donors (Lipinski definition) is 0. The minimum absolute atomic E-state index is 0.0108. The Hall–Kier alpha value is -3.85. The minimum Gasteiger partial charge on any atom is -0.473 e. The Bertz CT molecular complexity index is 1400. The van der Waals surface area contributed by atoms with Crippen LogP contribution in [0.3, 0.4) is 0 Å². The Kier molecular flexibility index (Phi) is 6.79. The lowest BCUT2D eigenvalue weighted by Gasteiger charge is -2.12. The summed E-state index contributed by atoms with van der Waals surface area (Å²) in [5.41, 5.74) is 0.311. The van der Waals surface area contributed by atoms with Crippen molar-refractivity contribution < 1.29 is 27.0 Å². The van der Waals surface area contributed by atoms with Crippen LogP contribution in [0, 0.1) is 5.82 Å². The van der Waals surface area contributed by atoms with Crippen LogP contribution in [-0.4, -0.2) is 9.55 Å². The Morgan fingerprint density at radius 3 is 2.26 bits per heavy atom. The molecule has 1 aromatic heterocycles. The number of rotatable bonds is 6. The molecule has 0 aliphatic rings. The molecule has 0 unspecified atom stereocenters. The minimum atomic E-state index is -4.60. The highest BCUT2D eigenvalue weighted by Crippen LogP contribution is 2.37. The molecule has 0 saturated carbocycles. The van der Waals surface area contributed by atoms with Crippen molar-refractivity contribution in [3.8, 4) is 28.6 Å². The fourth-order valence-corrected chi connectivity index (χ4v) is 3.45. The SMILES string of the molecule is Cn1c(-c2ccc(F)cc2)cc(OCc2ccc(Oc3ccc(Cl)c(C(F)(F)F)c3)cc2)nc1=O. The summed E-state index contributed by atoms with van der Waals surface area (Å²) >= 11 is 5.63. The standard InChI is InChI=1S/C25H17ClF4N2O3/c1-32-22(16-4-6-17(27)7-5-16)13-23(31-24(32)33)34-14-15-2-8-18(9-3-15)35-19-10-11-21(26)20(12-19)25(28,29)30/h2-13H,14H2,1H3. The Morgan fingerprint density at radius 1 is 0.943 bits per heavy atom. The third-order valence-corrected chi connectivity index (χ3v) is 5.37. The van der Waals surface area contributed by atoms with Gasteiger partial charge in [-0.25, -0.2) is 9.18 Å². The van der Waals surface area contributed by atoms with Crippen LogP contribution in [-0.2, 0) is 19.8 Å². The zero-order valence-corrected chi connectivity index (χ0v) is 18.9. The van der Waals surface area contributed by atoms with Crippen molar-refractivity contribution >= 4 is 11.6 Å². The molecule has 1 heterocycles. The van der Waals surface area contributed by atoms with Crippen molar-refractivity contribution in [2.24, 2.45) is 7.05 Å². The highest BCUT2D eigenvalue weighted by atomic mass is 35.5. The number of nitrogens with zero attached hydrogens (tertiary/aromatic N) is 2. The molecule has 35 heavy (non-hydrogen) atoms. The van der Waals surface area contributed by atoms with Crippen molar-refractivity contribution in [2.45, 2.75) is 12.8 Å². The summed E-state index contributed by atoms with van der Waals surface area (Å²) in [6.07, 6.45) is -4.60. The van der Waals surface area contributed by atoms with E-state index >= 15 is 0 Å². The van der Waals surface area contributed by atoms with Gasteiger partial charge in [0, 0.05) is 13.1 Å². The summed E-state index contributed by atoms with van der Waals surface area (Å²) in [5, 5.41) is -0.413. The second-order valence-corrected chi connectivity index (χ2v) is 7.91. The summed E-state index contributed by atoms with van der Waals surface area (Å²) in [4.78, 5) is 16.1. The summed E-state index contributed by atoms with van der Waals surface area (Å²) in [6, 6.07) is 17.0. The van der Waals surface area contributed by atoms with E-state index < -0.39 is 28.3 Å². The van der Waals surface area contributed by atoms with Crippen LogP contribution >= 0.6 is 11.6 Å². The molecule has 0 spiro atoms. The summed E-state index contributed by atoms with van der Waals surface area (Å²) in [6.45, 7) is 0.0719. The molecular weight excluding hydrogens is 488 g/mol. The van der Waals surface area contributed by atoms with E-state index in [9.17, 15) is 22.4 Å². The van der Waals surface area contributed by atoms with Crippen LogP contribution in [0.4, 0.5) is 17.6 Å². The smallest absolute Gasteiger partial charge is 0.417 e. The van der Waals surface area contributed by atoms with E-state index in [4.69, 9.17) is 21.1 Å². The summed E-state index contributed by atoms with van der Waals surface area (Å²) in [7, 11) is 1.55. The van der Waals surface area contributed by atoms with Gasteiger partial charge in [-0.05, 0) is 65.7 Å². The lowest BCUT2D eigenvalue weighted by atomic mass is 10.1. The summed E-state index contributed by atoms with van der Waals surface area (Å²) in [5.74, 6) is 0.0000309. The van der Waals surface area contributed by atoms with E-state index in [1.54, 1.807) is 49.5 Å². The molecule has 0 atom stereocenters. The van der Waals surface area contributed by atoms with Gasteiger partial charge in [0.25, 0.3) is 0 Å². The molecule has 0 bridgehead atoms. The molecule has 0 N–H and O–H groups in total. The molecule has 3 aromatic carbocycles. The van der Waals surface area contributed by atoms with Gasteiger partial charge >= 0.3 is 11.9 Å². The third-order valence-electron chi connectivity index (χ3n) is 5.04. The van der Waals surface area contributed by atoms with Gasteiger partial charge in [-0.1, -0.05) is 23.7 Å². The average molecular weight is 505 g/mol. The molecule has 0 amide bonds. The van der Waals surface area contributed by atoms with Crippen molar-refractivity contribution in [1.29, 1.82) is 0 Å². The maximum atomic E-state index is 13.2. The molecular formula is C25H17ClF4N2O3. The fourth-order valence-electron chi connectivity index (χ4n) is 3.22. The normalized spacial score (nSPS) is 11.4. The molecule has 0 radical (unpaired) electrons. The maximum Gasteiger partial charge on any atom is 0.417 e. The van der Waals surface area contributed by atoms with Gasteiger partial charge in [0.05, 0.1) is 16.3 Å². The van der Waals surface area contributed by atoms with E-state index in [-0.39, 0.29) is 18.2 Å². The largest absolute Gasteiger partial charge is 0.473 e. The first-order chi connectivity index (χ1) is 16.6.